The van der Waals surface area contributed by atoms with E-state index in [0.717, 1.165) is 36.7 Å². The van der Waals surface area contributed by atoms with Crippen LogP contribution in [-0.2, 0) is 9.53 Å². The summed E-state index contributed by atoms with van der Waals surface area (Å²) in [5.74, 6) is -0.0467. The van der Waals surface area contributed by atoms with Crippen molar-refractivity contribution in [2.75, 3.05) is 30.4 Å². The van der Waals surface area contributed by atoms with Crippen molar-refractivity contribution in [1.29, 1.82) is 0 Å². The van der Waals surface area contributed by atoms with Crippen LogP contribution in [0.1, 0.15) is 19.4 Å². The first kappa shape index (κ1) is 12.9. The molecule has 1 saturated heterocycles. The van der Waals surface area contributed by atoms with E-state index in [4.69, 9.17) is 4.74 Å². The average Bonchev–Trinajstić information content (AvgIpc) is 2.27. The summed E-state index contributed by atoms with van der Waals surface area (Å²) in [6.45, 7) is 8.21. The fourth-order valence-corrected chi connectivity index (χ4v) is 1.92. The molecular weight excluding hydrogens is 228 g/mol. The second kappa shape index (κ2) is 4.98. The molecule has 2 rings (SSSR count). The molecule has 0 aromatic heterocycles. The largest absolute Gasteiger partial charge is 0.384 e. The van der Waals surface area contributed by atoms with Crippen molar-refractivity contribution in [2.45, 2.75) is 20.8 Å². The fourth-order valence-electron chi connectivity index (χ4n) is 1.92. The number of ether oxygens (including phenoxy) is 1. The Hall–Kier alpha value is -1.55. The van der Waals surface area contributed by atoms with Gasteiger partial charge in [-0.05, 0) is 24.6 Å². The predicted octanol–water partition coefficient (Wildman–Crippen LogP) is 2.40. The first-order valence-corrected chi connectivity index (χ1v) is 6.18. The number of benzene rings is 1. The van der Waals surface area contributed by atoms with E-state index in [9.17, 15) is 4.79 Å². The summed E-state index contributed by atoms with van der Waals surface area (Å²) in [6, 6.07) is 6.01. The maximum Gasteiger partial charge on any atom is 0.221 e. The summed E-state index contributed by atoms with van der Waals surface area (Å²) < 4.78 is 5.22. The molecule has 1 aliphatic heterocycles. The minimum Gasteiger partial charge on any atom is -0.384 e. The van der Waals surface area contributed by atoms with Gasteiger partial charge in [-0.2, -0.15) is 0 Å². The van der Waals surface area contributed by atoms with Gasteiger partial charge in [0.1, 0.15) is 0 Å². The van der Waals surface area contributed by atoms with E-state index >= 15 is 0 Å². The molecule has 0 radical (unpaired) electrons. The van der Waals surface area contributed by atoms with E-state index < -0.39 is 0 Å². The number of aryl methyl sites for hydroxylation is 1. The number of hydrogen-bond donors (Lipinski definition) is 2. The van der Waals surface area contributed by atoms with E-state index in [2.05, 4.69) is 17.6 Å². The van der Waals surface area contributed by atoms with Gasteiger partial charge in [0.05, 0.1) is 13.2 Å². The van der Waals surface area contributed by atoms with Gasteiger partial charge in [-0.25, -0.2) is 0 Å². The minimum atomic E-state index is -0.0467. The van der Waals surface area contributed by atoms with Gasteiger partial charge in [0.25, 0.3) is 0 Å². The van der Waals surface area contributed by atoms with Gasteiger partial charge in [-0.1, -0.05) is 13.0 Å². The molecular formula is C14H20N2O2. The highest BCUT2D eigenvalue weighted by Crippen LogP contribution is 2.27. The van der Waals surface area contributed by atoms with Gasteiger partial charge in [-0.15, -0.1) is 0 Å². The molecule has 18 heavy (non-hydrogen) atoms. The van der Waals surface area contributed by atoms with Crippen LogP contribution in [0.5, 0.6) is 0 Å². The van der Waals surface area contributed by atoms with Crippen LogP contribution in [0.4, 0.5) is 11.4 Å². The highest BCUT2D eigenvalue weighted by Gasteiger charge is 2.32. The Bertz CT molecular complexity index is 453. The molecule has 0 aliphatic carbocycles. The summed E-state index contributed by atoms with van der Waals surface area (Å²) in [6.07, 6.45) is 0. The van der Waals surface area contributed by atoms with Crippen LogP contribution in [0, 0.1) is 12.3 Å². The monoisotopic (exact) mass is 248 g/mol. The summed E-state index contributed by atoms with van der Waals surface area (Å²) >= 11 is 0. The van der Waals surface area contributed by atoms with E-state index in [0.29, 0.717) is 0 Å². The van der Waals surface area contributed by atoms with Crippen molar-refractivity contribution in [3.05, 3.63) is 23.8 Å². The third-order valence-corrected chi connectivity index (χ3v) is 3.17. The molecule has 0 saturated carbocycles. The molecule has 4 nitrogen and oxygen atoms in total. The number of carbonyl (C=O) groups is 1. The lowest BCUT2D eigenvalue weighted by Gasteiger charge is -2.38. The van der Waals surface area contributed by atoms with Gasteiger partial charge < -0.3 is 15.4 Å². The topological polar surface area (TPSA) is 50.4 Å². The van der Waals surface area contributed by atoms with E-state index in [1.54, 1.807) is 0 Å². The van der Waals surface area contributed by atoms with Crippen molar-refractivity contribution in [1.82, 2.24) is 0 Å². The fraction of sp³-hybridized carbons (Fsp3) is 0.500. The van der Waals surface area contributed by atoms with Crippen molar-refractivity contribution in [3.8, 4) is 0 Å². The number of amides is 1. The number of nitrogens with one attached hydrogen (secondary N) is 2. The SMILES string of the molecule is CC(=O)Nc1cc(NCC2(C)COC2)ccc1C. The Balaban J connectivity index is 2.02. The molecule has 0 unspecified atom stereocenters. The Labute approximate surface area is 108 Å². The second-order valence-electron chi connectivity index (χ2n) is 5.37. The average molecular weight is 248 g/mol. The Morgan fingerprint density at radius 1 is 1.44 bits per heavy atom. The maximum absolute atomic E-state index is 11.1. The van der Waals surface area contributed by atoms with Gasteiger partial charge in [-0.3, -0.25) is 4.79 Å². The second-order valence-corrected chi connectivity index (χ2v) is 5.37. The molecule has 4 heteroatoms. The summed E-state index contributed by atoms with van der Waals surface area (Å²) in [7, 11) is 0. The predicted molar refractivity (Wildman–Crippen MR) is 72.9 cm³/mol. The normalized spacial score (nSPS) is 16.8. The smallest absolute Gasteiger partial charge is 0.221 e. The molecule has 0 spiro atoms. The van der Waals surface area contributed by atoms with Gasteiger partial charge in [0, 0.05) is 30.3 Å². The standard InChI is InChI=1S/C14H20N2O2/c1-10-4-5-12(6-13(10)16-11(2)17)15-7-14(3)8-18-9-14/h4-6,15H,7-9H2,1-3H3,(H,16,17). The molecule has 1 fully saturated rings. The van der Waals surface area contributed by atoms with Crippen LogP contribution in [-0.4, -0.2) is 25.7 Å². The van der Waals surface area contributed by atoms with Crippen molar-refractivity contribution < 1.29 is 9.53 Å². The molecule has 1 aromatic carbocycles. The van der Waals surface area contributed by atoms with Crippen LogP contribution in [0.25, 0.3) is 0 Å². The van der Waals surface area contributed by atoms with Gasteiger partial charge in [0.2, 0.25) is 5.91 Å². The highest BCUT2D eigenvalue weighted by molar-refractivity contribution is 5.90. The third kappa shape index (κ3) is 3.01. The van der Waals surface area contributed by atoms with Gasteiger partial charge >= 0.3 is 0 Å². The van der Waals surface area contributed by atoms with Gasteiger partial charge in [0.15, 0.2) is 0 Å². The number of hydrogen-bond acceptors (Lipinski definition) is 3. The van der Waals surface area contributed by atoms with E-state index in [-0.39, 0.29) is 11.3 Å². The molecule has 0 atom stereocenters. The molecule has 1 amide bonds. The van der Waals surface area contributed by atoms with Crippen molar-refractivity contribution in [3.63, 3.8) is 0 Å². The zero-order valence-corrected chi connectivity index (χ0v) is 11.2. The Morgan fingerprint density at radius 3 is 2.72 bits per heavy atom. The zero-order valence-electron chi connectivity index (χ0n) is 11.2. The highest BCUT2D eigenvalue weighted by atomic mass is 16.5. The molecule has 98 valence electrons. The lowest BCUT2D eigenvalue weighted by atomic mass is 9.88. The van der Waals surface area contributed by atoms with Crippen LogP contribution in [0.15, 0.2) is 18.2 Å². The number of carbonyl (C=O) groups excluding carboxylic acids is 1. The Kier molecular flexibility index (Phi) is 3.57. The molecule has 2 N–H and O–H groups in total. The Morgan fingerprint density at radius 2 is 2.17 bits per heavy atom. The molecule has 1 aromatic rings. The van der Waals surface area contributed by atoms with Crippen molar-refractivity contribution in [2.24, 2.45) is 5.41 Å². The maximum atomic E-state index is 11.1. The first-order chi connectivity index (χ1) is 8.48. The molecule has 1 aliphatic rings. The molecule has 0 bridgehead atoms. The van der Waals surface area contributed by atoms with Crippen LogP contribution >= 0.6 is 0 Å². The van der Waals surface area contributed by atoms with Crippen LogP contribution in [0.2, 0.25) is 0 Å². The molecule has 1 heterocycles. The summed E-state index contributed by atoms with van der Waals surface area (Å²) in [4.78, 5) is 11.1. The van der Waals surface area contributed by atoms with E-state index in [1.807, 2.05) is 25.1 Å². The summed E-state index contributed by atoms with van der Waals surface area (Å²) in [5.41, 5.74) is 3.19. The summed E-state index contributed by atoms with van der Waals surface area (Å²) in [5, 5.41) is 6.23. The van der Waals surface area contributed by atoms with E-state index in [1.165, 1.54) is 6.92 Å². The third-order valence-electron chi connectivity index (χ3n) is 3.17. The zero-order chi connectivity index (χ0) is 13.2. The number of anilines is 2. The number of rotatable bonds is 4. The van der Waals surface area contributed by atoms with Crippen LogP contribution < -0.4 is 10.6 Å². The van der Waals surface area contributed by atoms with Crippen molar-refractivity contribution >= 4 is 17.3 Å². The lowest BCUT2D eigenvalue weighted by Crippen LogP contribution is -2.45. The van der Waals surface area contributed by atoms with Crippen LogP contribution in [0.3, 0.4) is 0 Å². The quantitative estimate of drug-likeness (QED) is 0.860. The first-order valence-electron chi connectivity index (χ1n) is 6.18. The minimum absolute atomic E-state index is 0.0467. The lowest BCUT2D eigenvalue weighted by molar-refractivity contribution is -0.114.